The van der Waals surface area contributed by atoms with E-state index in [0.717, 1.165) is 0 Å². The van der Waals surface area contributed by atoms with Crippen molar-refractivity contribution in [2.75, 3.05) is 39.7 Å². The zero-order valence-corrected chi connectivity index (χ0v) is 25.2. The van der Waals surface area contributed by atoms with E-state index in [1.165, 1.54) is 6.92 Å². The number of aliphatic hydroxyl groups is 2. The van der Waals surface area contributed by atoms with Crippen LogP contribution in [-0.4, -0.2) is 103 Å². The van der Waals surface area contributed by atoms with E-state index in [0.29, 0.717) is 56.4 Å². The van der Waals surface area contributed by atoms with Crippen LogP contribution in [0.5, 0.6) is 0 Å². The predicted octanol–water partition coefficient (Wildman–Crippen LogP) is 2.22. The van der Waals surface area contributed by atoms with E-state index in [4.69, 9.17) is 18.9 Å². The summed E-state index contributed by atoms with van der Waals surface area (Å²) in [5.74, 6) is -1.54. The molecule has 10 heteroatoms. The maximum atomic E-state index is 14.0. The third-order valence-corrected chi connectivity index (χ3v) is 12.6. The van der Waals surface area contributed by atoms with Gasteiger partial charge in [-0.3, -0.25) is 9.69 Å². The lowest BCUT2D eigenvalue weighted by molar-refractivity contribution is -0.337. The number of anilines is 1. The molecule has 1 aromatic rings. The van der Waals surface area contributed by atoms with Crippen molar-refractivity contribution >= 4 is 17.6 Å². The number of fused-ring (bicyclic) bond motifs is 2. The van der Waals surface area contributed by atoms with Crippen LogP contribution in [0.2, 0.25) is 0 Å². The van der Waals surface area contributed by atoms with Gasteiger partial charge in [-0.2, -0.15) is 0 Å². The molecule has 1 aliphatic heterocycles. The number of nitrogens with zero attached hydrogens (tertiary/aromatic N) is 1. The predicted molar refractivity (Wildman–Crippen MR) is 152 cm³/mol. The monoisotopic (exact) mass is 584 g/mol. The van der Waals surface area contributed by atoms with Crippen molar-refractivity contribution in [1.29, 1.82) is 0 Å². The van der Waals surface area contributed by atoms with Gasteiger partial charge in [-0.25, -0.2) is 4.79 Å². The van der Waals surface area contributed by atoms with Crippen molar-refractivity contribution in [3.63, 3.8) is 0 Å². The van der Waals surface area contributed by atoms with Gasteiger partial charge >= 0.3 is 5.97 Å². The minimum Gasteiger partial charge on any atom is -0.454 e. The molecule has 6 fully saturated rings. The quantitative estimate of drug-likeness (QED) is 0.414. The van der Waals surface area contributed by atoms with Gasteiger partial charge in [0.1, 0.15) is 16.8 Å². The molecule has 5 saturated carbocycles. The number of methoxy groups -OCH3 is 3. The van der Waals surface area contributed by atoms with E-state index in [-0.39, 0.29) is 47.8 Å². The molecular formula is C32H44N2O8. The molecular weight excluding hydrogens is 540 g/mol. The van der Waals surface area contributed by atoms with Crippen LogP contribution in [0.25, 0.3) is 0 Å². The van der Waals surface area contributed by atoms with Crippen LogP contribution >= 0.6 is 0 Å². The molecule has 7 bridgehead atoms. The number of likely N-dealkylation sites (N-methyl/N-ethyl adjacent to an activating group) is 1. The molecule has 0 radical (unpaired) electrons. The molecule has 1 heterocycles. The van der Waals surface area contributed by atoms with E-state index in [9.17, 15) is 19.8 Å². The molecule has 10 nitrogen and oxygen atoms in total. The maximum absolute atomic E-state index is 14.0. The Labute approximate surface area is 247 Å². The number of carbonyl (C=O) groups is 2. The Kier molecular flexibility index (Phi) is 6.46. The summed E-state index contributed by atoms with van der Waals surface area (Å²) in [6.07, 6.45) is 1.91. The van der Waals surface area contributed by atoms with Gasteiger partial charge in [0.25, 0.3) is 0 Å². The highest BCUT2D eigenvalue weighted by atomic mass is 16.6. The second kappa shape index (κ2) is 9.46. The number of benzene rings is 1. The van der Waals surface area contributed by atoms with Crippen LogP contribution < -0.4 is 5.32 Å². The van der Waals surface area contributed by atoms with E-state index in [1.807, 2.05) is 0 Å². The fourth-order valence-corrected chi connectivity index (χ4v) is 11.6. The lowest BCUT2D eigenvalue weighted by Crippen LogP contribution is -2.83. The van der Waals surface area contributed by atoms with Crippen LogP contribution in [0.3, 0.4) is 0 Å². The van der Waals surface area contributed by atoms with Gasteiger partial charge in [0.05, 0.1) is 29.6 Å². The standard InChI is InChI=1S/C32H44N2O8/c1-6-34-16-29(42-28(36)18-9-7-8-10-21(18)33-17(2)35)12-11-25(40-4)31-23(29)14-20(26(31)34)30(37)15-22(39-3)19-13-24(31)32(30,38)27(19)41-5/h7-10,19-20,22-27,37-38H,6,11-16H2,1-5H3,(H,33,35)/t19-,20-,22+,23-,24+,25+,26-,27+,29-,30+,31-,32+/m1/s1. The number of amides is 1. The largest absolute Gasteiger partial charge is 0.454 e. The van der Waals surface area contributed by atoms with Crippen LogP contribution in [0.15, 0.2) is 24.3 Å². The Balaban J connectivity index is 1.38. The molecule has 0 aromatic heterocycles. The van der Waals surface area contributed by atoms with E-state index in [1.54, 1.807) is 45.6 Å². The van der Waals surface area contributed by atoms with Crippen molar-refractivity contribution in [1.82, 2.24) is 4.90 Å². The van der Waals surface area contributed by atoms with Crippen molar-refractivity contribution in [3.05, 3.63) is 29.8 Å². The average Bonchev–Trinajstić information content (AvgIpc) is 3.39. The molecule has 7 rings (SSSR count). The first-order chi connectivity index (χ1) is 20.1. The number of nitrogens with one attached hydrogen (secondary N) is 1. The van der Waals surface area contributed by atoms with Gasteiger partial charge in [-0.1, -0.05) is 19.1 Å². The first-order valence-electron chi connectivity index (χ1n) is 15.4. The van der Waals surface area contributed by atoms with Gasteiger partial charge in [0.2, 0.25) is 5.91 Å². The Morgan fingerprint density at radius 2 is 1.83 bits per heavy atom. The molecule has 42 heavy (non-hydrogen) atoms. The first-order valence-corrected chi connectivity index (χ1v) is 15.4. The van der Waals surface area contributed by atoms with Gasteiger partial charge in [0, 0.05) is 76.3 Å². The third-order valence-electron chi connectivity index (χ3n) is 12.6. The molecule has 230 valence electrons. The van der Waals surface area contributed by atoms with Crippen molar-refractivity contribution in [2.45, 2.75) is 87.1 Å². The smallest absolute Gasteiger partial charge is 0.340 e. The lowest BCUT2D eigenvalue weighted by Gasteiger charge is -2.70. The molecule has 5 aliphatic carbocycles. The van der Waals surface area contributed by atoms with Crippen LogP contribution in [0.4, 0.5) is 5.69 Å². The first kappa shape index (κ1) is 28.7. The average molecular weight is 585 g/mol. The Bertz CT molecular complexity index is 1290. The fourth-order valence-electron chi connectivity index (χ4n) is 11.6. The van der Waals surface area contributed by atoms with Crippen molar-refractivity contribution in [3.8, 4) is 0 Å². The second-order valence-corrected chi connectivity index (χ2v) is 13.7. The summed E-state index contributed by atoms with van der Waals surface area (Å²) in [6.45, 7) is 4.79. The zero-order chi connectivity index (χ0) is 29.8. The number of ether oxygens (including phenoxy) is 4. The van der Waals surface area contributed by atoms with E-state index in [2.05, 4.69) is 17.1 Å². The molecule has 1 saturated heterocycles. The Morgan fingerprint density at radius 3 is 2.50 bits per heavy atom. The zero-order valence-electron chi connectivity index (χ0n) is 25.2. The summed E-state index contributed by atoms with van der Waals surface area (Å²) in [6, 6.07) is 6.89. The highest BCUT2D eigenvalue weighted by Crippen LogP contribution is 2.79. The van der Waals surface area contributed by atoms with Crippen LogP contribution in [0, 0.1) is 29.1 Å². The van der Waals surface area contributed by atoms with Gasteiger partial charge in [-0.05, 0) is 44.4 Å². The highest BCUT2D eigenvalue weighted by Gasteiger charge is 2.89. The summed E-state index contributed by atoms with van der Waals surface area (Å²) in [4.78, 5) is 28.3. The summed E-state index contributed by atoms with van der Waals surface area (Å²) in [5.41, 5.74) is -3.57. The minimum atomic E-state index is -1.48. The van der Waals surface area contributed by atoms with Gasteiger partial charge in [0.15, 0.2) is 0 Å². The number of para-hydroxylation sites is 1. The van der Waals surface area contributed by atoms with Gasteiger partial charge in [-0.15, -0.1) is 0 Å². The van der Waals surface area contributed by atoms with E-state index >= 15 is 0 Å². The number of hydrogen-bond acceptors (Lipinski definition) is 9. The number of rotatable bonds is 7. The lowest BCUT2D eigenvalue weighted by atomic mass is 9.44. The summed E-state index contributed by atoms with van der Waals surface area (Å²) in [5, 5.41) is 28.4. The molecule has 1 amide bonds. The molecule has 1 aromatic carbocycles. The number of esters is 1. The maximum Gasteiger partial charge on any atom is 0.340 e. The van der Waals surface area contributed by atoms with Crippen molar-refractivity contribution < 1.29 is 38.7 Å². The topological polar surface area (TPSA) is 127 Å². The fraction of sp³-hybridized carbons (Fsp3) is 0.750. The Hall–Kier alpha value is -2.08. The Morgan fingerprint density at radius 1 is 1.07 bits per heavy atom. The highest BCUT2D eigenvalue weighted by molar-refractivity contribution is 6.00. The van der Waals surface area contributed by atoms with Crippen molar-refractivity contribution in [2.24, 2.45) is 29.1 Å². The summed E-state index contributed by atoms with van der Waals surface area (Å²) >= 11 is 0. The third kappa shape index (κ3) is 3.21. The minimum absolute atomic E-state index is 0.0432. The molecule has 6 aliphatic rings. The molecule has 3 N–H and O–H groups in total. The second-order valence-electron chi connectivity index (χ2n) is 13.7. The normalized spacial score (nSPS) is 48.2. The number of hydrogen-bond donors (Lipinski definition) is 3. The summed E-state index contributed by atoms with van der Waals surface area (Å²) < 4.78 is 25.1. The number of carbonyl (C=O) groups excluding carboxylic acids is 2. The molecule has 1 spiro atoms. The molecule has 12 atom stereocenters. The number of piperidine rings is 1. The van der Waals surface area contributed by atoms with Crippen LogP contribution in [-0.2, 0) is 23.7 Å². The van der Waals surface area contributed by atoms with Crippen LogP contribution in [0.1, 0.15) is 56.3 Å². The number of likely N-dealkylation sites (tertiary alicyclic amines) is 1. The van der Waals surface area contributed by atoms with Gasteiger partial charge < -0.3 is 34.5 Å². The van der Waals surface area contributed by atoms with E-state index < -0.39 is 34.3 Å². The summed E-state index contributed by atoms with van der Waals surface area (Å²) in [7, 11) is 5.05. The molecule has 0 unspecified atom stereocenters. The SMILES string of the molecule is CCN1C[C@]2(OC(=O)c3ccccc3NC(C)=O)CC[C@H](OC)[C@]34[C@@H]2C[C@H]([C@@H]13)[C@@]1(O)C[C@H](OC)[C@H]2C[C@@H]4[C@]1(O)[C@H]2OC.